The first-order valence-corrected chi connectivity index (χ1v) is 3.22. The molecule has 0 aliphatic rings. The monoisotopic (exact) mass is 161 g/mol. The highest BCUT2D eigenvalue weighted by molar-refractivity contribution is 5.80. The summed E-state index contributed by atoms with van der Waals surface area (Å²) in [6, 6.07) is 0. The van der Waals surface area contributed by atoms with Crippen molar-refractivity contribution in [1.82, 2.24) is 4.90 Å². The van der Waals surface area contributed by atoms with Crippen molar-refractivity contribution in [2.24, 2.45) is 5.73 Å². The quantitative estimate of drug-likeness (QED) is 0.331. The zero-order valence-electron chi connectivity index (χ0n) is 6.38. The third kappa shape index (κ3) is 5.32. The molecule has 64 valence electrons. The Labute approximate surface area is 64.7 Å². The molecule has 0 saturated carbocycles. The smallest absolute Gasteiger partial charge is 0.210 e. The van der Waals surface area contributed by atoms with Crippen LogP contribution < -0.4 is 5.73 Å². The summed E-state index contributed by atoms with van der Waals surface area (Å²) < 4.78 is 12.3. The first-order valence-electron chi connectivity index (χ1n) is 3.22. The maximum atomic E-state index is 12.3. The van der Waals surface area contributed by atoms with Crippen molar-refractivity contribution in [2.45, 2.75) is 13.1 Å². The maximum absolute atomic E-state index is 12.3. The molecule has 0 rings (SSSR count). The number of carbonyl (C=O) groups excluding carboxylic acids is 1. The Balaban J connectivity index is 3.76. The van der Waals surface area contributed by atoms with Crippen LogP contribution in [0.2, 0.25) is 0 Å². The molecule has 1 amide bonds. The number of nitrogens with one attached hydrogen (secondary N) is 1. The number of nitrogens with two attached hydrogens (primary N) is 1. The van der Waals surface area contributed by atoms with Crippen molar-refractivity contribution in [1.29, 1.82) is 5.41 Å². The molecule has 0 aromatic heterocycles. The fourth-order valence-electron chi connectivity index (χ4n) is 0.687. The van der Waals surface area contributed by atoms with E-state index in [0.717, 1.165) is 4.90 Å². The summed E-state index contributed by atoms with van der Waals surface area (Å²) in [5.74, 6) is -0.141. The van der Waals surface area contributed by atoms with Crippen molar-refractivity contribution >= 4 is 12.2 Å². The highest BCUT2D eigenvalue weighted by atomic mass is 19.1. The number of amides is 1. The summed E-state index contributed by atoms with van der Waals surface area (Å²) in [7, 11) is 0. The van der Waals surface area contributed by atoms with Crippen LogP contribution in [0.5, 0.6) is 0 Å². The van der Waals surface area contributed by atoms with Gasteiger partial charge in [-0.25, -0.2) is 4.39 Å². The summed E-state index contributed by atoms with van der Waals surface area (Å²) in [5.41, 5.74) is 5.00. The molecule has 0 saturated heterocycles. The van der Waals surface area contributed by atoms with Crippen LogP contribution in [0, 0.1) is 5.41 Å². The van der Waals surface area contributed by atoms with E-state index in [9.17, 15) is 9.18 Å². The minimum Gasteiger partial charge on any atom is -0.386 e. The Bertz CT molecular complexity index is 149. The second-order valence-electron chi connectivity index (χ2n) is 2.34. The lowest BCUT2D eigenvalue weighted by Gasteiger charge is -2.16. The van der Waals surface area contributed by atoms with Gasteiger partial charge in [0.15, 0.2) is 0 Å². The van der Waals surface area contributed by atoms with Crippen molar-refractivity contribution in [3.63, 3.8) is 0 Å². The number of hydrogen-bond acceptors (Lipinski definition) is 2. The Morgan fingerprint density at radius 1 is 1.91 bits per heavy atom. The molecule has 0 heterocycles. The molecule has 0 aliphatic carbocycles. The maximum Gasteiger partial charge on any atom is 0.210 e. The molecule has 1 unspecified atom stereocenters. The van der Waals surface area contributed by atoms with Gasteiger partial charge >= 0.3 is 0 Å². The zero-order valence-corrected chi connectivity index (χ0v) is 6.38. The molecule has 3 N–H and O–H groups in total. The van der Waals surface area contributed by atoms with Gasteiger partial charge in [0.1, 0.15) is 12.0 Å². The molecule has 0 aromatic carbocycles. The number of halogens is 1. The lowest BCUT2D eigenvalue weighted by molar-refractivity contribution is -0.118. The highest BCUT2D eigenvalue weighted by Gasteiger charge is 2.06. The molecule has 5 heteroatoms. The van der Waals surface area contributed by atoms with Crippen LogP contribution in [0.25, 0.3) is 0 Å². The van der Waals surface area contributed by atoms with Gasteiger partial charge < -0.3 is 10.6 Å². The lowest BCUT2D eigenvalue weighted by atomic mass is 10.4. The number of amidine groups is 1. The van der Waals surface area contributed by atoms with Gasteiger partial charge in [0.2, 0.25) is 6.41 Å². The fraction of sp³-hybridized carbons (Fsp3) is 0.667. The molecular formula is C6H12FN3O. The van der Waals surface area contributed by atoms with Gasteiger partial charge in [-0.1, -0.05) is 0 Å². The molecular weight excluding hydrogens is 149 g/mol. The molecule has 0 aliphatic heterocycles. The Morgan fingerprint density at radius 2 is 2.45 bits per heavy atom. The Kier molecular flexibility index (Phi) is 4.17. The standard InChI is InChI=1S/C6H12FN3O/c1-5(7)2-10(4-11)3-6(8)9/h4-5H,2-3H2,1H3,(H3,8,9). The van der Waals surface area contributed by atoms with E-state index in [-0.39, 0.29) is 18.9 Å². The van der Waals surface area contributed by atoms with Gasteiger partial charge in [0.05, 0.1) is 13.1 Å². The molecule has 11 heavy (non-hydrogen) atoms. The minimum absolute atomic E-state index is 0.00222. The normalized spacial score (nSPS) is 12.2. The van der Waals surface area contributed by atoms with E-state index in [1.165, 1.54) is 6.92 Å². The van der Waals surface area contributed by atoms with Gasteiger partial charge in [-0.15, -0.1) is 0 Å². The number of rotatable bonds is 5. The second kappa shape index (κ2) is 4.65. The SMILES string of the molecule is CC(F)CN(C=O)CC(=N)N. The van der Waals surface area contributed by atoms with E-state index >= 15 is 0 Å². The number of nitrogens with zero attached hydrogens (tertiary/aromatic N) is 1. The van der Waals surface area contributed by atoms with Gasteiger partial charge in [0, 0.05) is 0 Å². The van der Waals surface area contributed by atoms with Crippen molar-refractivity contribution in [3.05, 3.63) is 0 Å². The number of alkyl halides is 1. The summed E-state index contributed by atoms with van der Waals surface area (Å²) in [4.78, 5) is 11.3. The molecule has 1 atom stereocenters. The topological polar surface area (TPSA) is 70.2 Å². The van der Waals surface area contributed by atoms with Crippen LogP contribution in [0.1, 0.15) is 6.92 Å². The van der Waals surface area contributed by atoms with Gasteiger partial charge in [-0.3, -0.25) is 10.2 Å². The van der Waals surface area contributed by atoms with E-state index < -0.39 is 6.17 Å². The zero-order chi connectivity index (χ0) is 8.85. The van der Waals surface area contributed by atoms with Crippen molar-refractivity contribution in [2.75, 3.05) is 13.1 Å². The third-order valence-corrected chi connectivity index (χ3v) is 1.01. The summed E-state index contributed by atoms with van der Waals surface area (Å²) in [5, 5.41) is 6.83. The average molecular weight is 161 g/mol. The molecule has 0 aromatic rings. The first kappa shape index (κ1) is 9.87. The van der Waals surface area contributed by atoms with E-state index in [1.54, 1.807) is 0 Å². The summed E-state index contributed by atoms with van der Waals surface area (Å²) in [6.45, 7) is 1.33. The molecule has 0 bridgehead atoms. The minimum atomic E-state index is -1.08. The van der Waals surface area contributed by atoms with Crippen LogP contribution in [0.15, 0.2) is 0 Å². The van der Waals surface area contributed by atoms with Gasteiger partial charge in [-0.05, 0) is 6.92 Å². The van der Waals surface area contributed by atoms with Crippen molar-refractivity contribution < 1.29 is 9.18 Å². The predicted octanol–water partition coefficient (Wildman–Crippen LogP) is -0.261. The van der Waals surface area contributed by atoms with Crippen LogP contribution in [0.4, 0.5) is 4.39 Å². The number of hydrogen-bond donors (Lipinski definition) is 2. The molecule has 0 spiro atoms. The van der Waals surface area contributed by atoms with E-state index in [0.29, 0.717) is 6.41 Å². The molecule has 0 fully saturated rings. The molecule has 4 nitrogen and oxygen atoms in total. The predicted molar refractivity (Wildman–Crippen MR) is 40.1 cm³/mol. The molecule has 0 radical (unpaired) electrons. The largest absolute Gasteiger partial charge is 0.386 e. The fourth-order valence-corrected chi connectivity index (χ4v) is 0.687. The van der Waals surface area contributed by atoms with E-state index in [4.69, 9.17) is 11.1 Å². The highest BCUT2D eigenvalue weighted by Crippen LogP contribution is 1.91. The van der Waals surface area contributed by atoms with Gasteiger partial charge in [0.25, 0.3) is 0 Å². The van der Waals surface area contributed by atoms with Crippen LogP contribution in [-0.2, 0) is 4.79 Å². The van der Waals surface area contributed by atoms with Gasteiger partial charge in [-0.2, -0.15) is 0 Å². The van der Waals surface area contributed by atoms with E-state index in [1.807, 2.05) is 0 Å². The third-order valence-electron chi connectivity index (χ3n) is 1.01. The Hall–Kier alpha value is -1.13. The van der Waals surface area contributed by atoms with Crippen LogP contribution in [-0.4, -0.2) is 36.4 Å². The lowest BCUT2D eigenvalue weighted by Crippen LogP contribution is -2.35. The van der Waals surface area contributed by atoms with Crippen LogP contribution in [0.3, 0.4) is 0 Å². The number of carbonyl (C=O) groups is 1. The van der Waals surface area contributed by atoms with Crippen molar-refractivity contribution in [3.8, 4) is 0 Å². The summed E-state index contributed by atoms with van der Waals surface area (Å²) in [6.07, 6.45) is -0.600. The Morgan fingerprint density at radius 3 is 2.73 bits per heavy atom. The first-order chi connectivity index (χ1) is 5.06. The van der Waals surface area contributed by atoms with E-state index in [2.05, 4.69) is 0 Å². The second-order valence-corrected chi connectivity index (χ2v) is 2.34. The van der Waals surface area contributed by atoms with Crippen LogP contribution >= 0.6 is 0 Å². The average Bonchev–Trinajstić information content (AvgIpc) is 1.84. The summed E-state index contributed by atoms with van der Waals surface area (Å²) >= 11 is 0.